The summed E-state index contributed by atoms with van der Waals surface area (Å²) in [4.78, 5) is 6.59. The van der Waals surface area contributed by atoms with Gasteiger partial charge in [0.05, 0.1) is 11.1 Å². The van der Waals surface area contributed by atoms with Gasteiger partial charge in [0, 0.05) is 13.1 Å². The van der Waals surface area contributed by atoms with Crippen molar-refractivity contribution in [2.45, 2.75) is 17.7 Å². The summed E-state index contributed by atoms with van der Waals surface area (Å²) in [7, 11) is 0.413. The normalized spacial score (nSPS) is 11.5. The summed E-state index contributed by atoms with van der Waals surface area (Å²) in [5.41, 5.74) is 0.994. The van der Waals surface area contributed by atoms with E-state index in [1.165, 1.54) is 12.1 Å². The Balaban J connectivity index is 1.79. The SMILES string of the molecule is CN(C)CCCNc1nncc(NCCc2ccc(S(N)(=O)=O)cc2)n1. The van der Waals surface area contributed by atoms with Crippen LogP contribution in [0.15, 0.2) is 35.4 Å². The number of aromatic nitrogens is 3. The van der Waals surface area contributed by atoms with Gasteiger partial charge in [-0.1, -0.05) is 12.1 Å². The fraction of sp³-hybridized carbons (Fsp3) is 0.438. The lowest BCUT2D eigenvalue weighted by Gasteiger charge is -2.10. The number of rotatable bonds is 10. The molecule has 2 rings (SSSR count). The zero-order valence-electron chi connectivity index (χ0n) is 15.0. The van der Waals surface area contributed by atoms with Crippen LogP contribution in [-0.4, -0.2) is 62.2 Å². The van der Waals surface area contributed by atoms with Crippen LogP contribution < -0.4 is 15.8 Å². The molecule has 0 amide bonds. The van der Waals surface area contributed by atoms with Gasteiger partial charge in [0.1, 0.15) is 0 Å². The molecule has 0 bridgehead atoms. The zero-order chi connectivity index (χ0) is 19.0. The van der Waals surface area contributed by atoms with E-state index in [1.807, 2.05) is 14.1 Å². The van der Waals surface area contributed by atoms with Crippen LogP contribution in [0.2, 0.25) is 0 Å². The summed E-state index contributed by atoms with van der Waals surface area (Å²) in [5, 5.41) is 19.3. The maximum Gasteiger partial charge on any atom is 0.244 e. The third kappa shape index (κ3) is 6.90. The fourth-order valence-corrected chi connectivity index (χ4v) is 2.76. The molecular weight excluding hydrogens is 354 g/mol. The second-order valence-electron chi connectivity index (χ2n) is 6.11. The van der Waals surface area contributed by atoms with Crippen molar-refractivity contribution in [1.82, 2.24) is 20.1 Å². The van der Waals surface area contributed by atoms with Gasteiger partial charge >= 0.3 is 0 Å². The number of nitrogens with two attached hydrogens (primary N) is 1. The Morgan fingerprint density at radius 2 is 1.85 bits per heavy atom. The van der Waals surface area contributed by atoms with Gasteiger partial charge in [-0.05, 0) is 51.2 Å². The first-order chi connectivity index (χ1) is 12.3. The molecular formula is C16H25N7O2S. The Morgan fingerprint density at radius 1 is 1.12 bits per heavy atom. The second kappa shape index (κ2) is 9.41. The van der Waals surface area contributed by atoms with Crippen molar-refractivity contribution in [2.24, 2.45) is 5.14 Å². The molecule has 0 unspecified atom stereocenters. The van der Waals surface area contributed by atoms with Gasteiger partial charge < -0.3 is 15.5 Å². The maximum absolute atomic E-state index is 11.2. The highest BCUT2D eigenvalue weighted by atomic mass is 32.2. The number of primary sulfonamides is 1. The quantitative estimate of drug-likeness (QED) is 0.511. The number of sulfonamides is 1. The van der Waals surface area contributed by atoms with Crippen LogP contribution in [0, 0.1) is 0 Å². The van der Waals surface area contributed by atoms with Crippen molar-refractivity contribution in [3.63, 3.8) is 0 Å². The predicted molar refractivity (Wildman–Crippen MR) is 101 cm³/mol. The first kappa shape index (κ1) is 20.0. The van der Waals surface area contributed by atoms with E-state index < -0.39 is 10.0 Å². The minimum Gasteiger partial charge on any atom is -0.368 e. The van der Waals surface area contributed by atoms with E-state index in [0.717, 1.165) is 25.1 Å². The summed E-state index contributed by atoms with van der Waals surface area (Å²) >= 11 is 0. The first-order valence-electron chi connectivity index (χ1n) is 8.28. The predicted octanol–water partition coefficient (Wildman–Crippen LogP) is 0.537. The summed E-state index contributed by atoms with van der Waals surface area (Å²) in [5.74, 6) is 1.13. The number of nitrogens with zero attached hydrogens (tertiary/aromatic N) is 4. The van der Waals surface area contributed by atoms with E-state index in [9.17, 15) is 8.42 Å². The monoisotopic (exact) mass is 379 g/mol. The van der Waals surface area contributed by atoms with Gasteiger partial charge in [-0.2, -0.15) is 10.1 Å². The first-order valence-corrected chi connectivity index (χ1v) is 9.83. The highest BCUT2D eigenvalue weighted by molar-refractivity contribution is 7.89. The van der Waals surface area contributed by atoms with E-state index in [-0.39, 0.29) is 4.90 Å². The Kier molecular flexibility index (Phi) is 7.25. The third-order valence-corrected chi connectivity index (χ3v) is 4.52. The third-order valence-electron chi connectivity index (χ3n) is 3.60. The van der Waals surface area contributed by atoms with Crippen molar-refractivity contribution in [3.05, 3.63) is 36.0 Å². The maximum atomic E-state index is 11.2. The van der Waals surface area contributed by atoms with Crippen molar-refractivity contribution >= 4 is 21.8 Å². The molecule has 9 nitrogen and oxygen atoms in total. The smallest absolute Gasteiger partial charge is 0.244 e. The average molecular weight is 379 g/mol. The highest BCUT2D eigenvalue weighted by Crippen LogP contribution is 2.10. The van der Waals surface area contributed by atoms with Crippen LogP contribution in [0.1, 0.15) is 12.0 Å². The molecule has 142 valence electrons. The molecule has 4 N–H and O–H groups in total. The van der Waals surface area contributed by atoms with Gasteiger partial charge in [-0.3, -0.25) is 0 Å². The molecule has 2 aromatic rings. The number of hydrogen-bond donors (Lipinski definition) is 3. The second-order valence-corrected chi connectivity index (χ2v) is 7.68. The molecule has 0 aliphatic heterocycles. The molecule has 1 aromatic carbocycles. The van der Waals surface area contributed by atoms with E-state index in [1.54, 1.807) is 18.3 Å². The van der Waals surface area contributed by atoms with Crippen LogP contribution >= 0.6 is 0 Å². The molecule has 0 spiro atoms. The Morgan fingerprint density at radius 3 is 2.50 bits per heavy atom. The van der Waals surface area contributed by atoms with E-state index in [2.05, 4.69) is 30.7 Å². The minimum absolute atomic E-state index is 0.110. The summed E-state index contributed by atoms with van der Waals surface area (Å²) in [6.07, 6.45) is 3.26. The van der Waals surface area contributed by atoms with Gasteiger partial charge in [0.25, 0.3) is 0 Å². The molecule has 0 fully saturated rings. The largest absolute Gasteiger partial charge is 0.368 e. The van der Waals surface area contributed by atoms with Gasteiger partial charge in [-0.15, -0.1) is 5.10 Å². The standard InChI is InChI=1S/C16H25N7O2S/c1-23(2)11-3-9-19-16-21-15(12-20-22-16)18-10-8-13-4-6-14(7-5-13)26(17,24)25/h4-7,12H,3,8-11H2,1-2H3,(H2,17,24,25)(H2,18,19,21,22). The van der Waals surface area contributed by atoms with Crippen molar-refractivity contribution in [3.8, 4) is 0 Å². The Hall–Kier alpha value is -2.30. The molecule has 0 saturated heterocycles. The van der Waals surface area contributed by atoms with Crippen molar-refractivity contribution < 1.29 is 8.42 Å². The number of benzene rings is 1. The van der Waals surface area contributed by atoms with Crippen LogP contribution in [0.25, 0.3) is 0 Å². The van der Waals surface area contributed by atoms with Crippen LogP contribution in [0.5, 0.6) is 0 Å². The van der Waals surface area contributed by atoms with Crippen molar-refractivity contribution in [1.29, 1.82) is 0 Å². The molecule has 26 heavy (non-hydrogen) atoms. The van der Waals surface area contributed by atoms with E-state index in [0.29, 0.717) is 24.7 Å². The van der Waals surface area contributed by atoms with Gasteiger partial charge in [-0.25, -0.2) is 13.6 Å². The molecule has 0 radical (unpaired) electrons. The Labute approximate surface area is 154 Å². The Bertz CT molecular complexity index is 795. The summed E-state index contributed by atoms with van der Waals surface area (Å²) in [6, 6.07) is 6.51. The number of anilines is 2. The average Bonchev–Trinajstić information content (AvgIpc) is 2.59. The van der Waals surface area contributed by atoms with Crippen molar-refractivity contribution in [2.75, 3.05) is 44.4 Å². The molecule has 0 aliphatic carbocycles. The van der Waals surface area contributed by atoms with Crippen LogP contribution in [0.4, 0.5) is 11.8 Å². The number of nitrogens with one attached hydrogen (secondary N) is 2. The molecule has 1 aromatic heterocycles. The van der Waals surface area contributed by atoms with Gasteiger partial charge in [0.2, 0.25) is 16.0 Å². The van der Waals surface area contributed by atoms with E-state index in [4.69, 9.17) is 5.14 Å². The minimum atomic E-state index is -3.65. The lowest BCUT2D eigenvalue weighted by Crippen LogP contribution is -2.17. The zero-order valence-corrected chi connectivity index (χ0v) is 15.8. The highest BCUT2D eigenvalue weighted by Gasteiger charge is 2.06. The topological polar surface area (TPSA) is 126 Å². The number of hydrogen-bond acceptors (Lipinski definition) is 8. The van der Waals surface area contributed by atoms with Gasteiger partial charge in [0.15, 0.2) is 5.82 Å². The summed E-state index contributed by atoms with van der Waals surface area (Å²) < 4.78 is 22.5. The molecule has 1 heterocycles. The lowest BCUT2D eigenvalue weighted by atomic mass is 10.1. The summed E-state index contributed by atoms with van der Waals surface area (Å²) in [6.45, 7) is 2.40. The van der Waals surface area contributed by atoms with Crippen LogP contribution in [-0.2, 0) is 16.4 Å². The molecule has 10 heteroatoms. The fourth-order valence-electron chi connectivity index (χ4n) is 2.24. The van der Waals surface area contributed by atoms with E-state index >= 15 is 0 Å². The lowest BCUT2D eigenvalue weighted by molar-refractivity contribution is 0.405. The molecule has 0 atom stereocenters. The molecule has 0 aliphatic rings. The molecule has 0 saturated carbocycles. The van der Waals surface area contributed by atoms with Crippen LogP contribution in [0.3, 0.4) is 0 Å².